The van der Waals surface area contributed by atoms with Crippen molar-refractivity contribution >= 4 is 0 Å². The van der Waals surface area contributed by atoms with Gasteiger partial charge in [-0.3, -0.25) is 0 Å². The molecule has 0 spiro atoms. The van der Waals surface area contributed by atoms with E-state index in [4.69, 9.17) is 9.47 Å². The first-order chi connectivity index (χ1) is 7.17. The minimum atomic E-state index is -0.420. The Bertz CT molecular complexity index is 310. The molecule has 0 amide bonds. The summed E-state index contributed by atoms with van der Waals surface area (Å²) in [7, 11) is 1.61. The number of rotatable bonds is 5. The predicted molar refractivity (Wildman–Crippen MR) is 59.5 cm³/mol. The summed E-state index contributed by atoms with van der Waals surface area (Å²) < 4.78 is 10.6. The molecule has 3 nitrogen and oxygen atoms in total. The van der Waals surface area contributed by atoms with Gasteiger partial charge in [-0.25, -0.2) is 0 Å². The third kappa shape index (κ3) is 3.44. The van der Waals surface area contributed by atoms with Crippen LogP contribution in [-0.2, 0) is 0 Å². The molecule has 84 valence electrons. The van der Waals surface area contributed by atoms with Gasteiger partial charge in [0.15, 0.2) is 11.5 Å². The molecule has 1 aromatic rings. The van der Waals surface area contributed by atoms with Crippen molar-refractivity contribution in [1.82, 2.24) is 0 Å². The Kier molecular flexibility index (Phi) is 4.43. The summed E-state index contributed by atoms with van der Waals surface area (Å²) in [6.45, 7) is 4.21. The van der Waals surface area contributed by atoms with Crippen molar-refractivity contribution in [2.24, 2.45) is 0 Å². The van der Waals surface area contributed by atoms with E-state index in [2.05, 4.69) is 0 Å². The Balaban J connectivity index is 2.67. The Morgan fingerprint density at radius 2 is 2.07 bits per heavy atom. The van der Waals surface area contributed by atoms with E-state index in [0.29, 0.717) is 24.5 Å². The molecule has 0 aliphatic carbocycles. The average molecular weight is 210 g/mol. The summed E-state index contributed by atoms with van der Waals surface area (Å²) >= 11 is 0. The van der Waals surface area contributed by atoms with E-state index in [1.165, 1.54) is 0 Å². The van der Waals surface area contributed by atoms with Crippen LogP contribution in [0.2, 0.25) is 0 Å². The summed E-state index contributed by atoms with van der Waals surface area (Å²) in [5, 5.41) is 9.37. The molecule has 0 unspecified atom stereocenters. The predicted octanol–water partition coefficient (Wildman–Crippen LogP) is 2.15. The third-order valence-electron chi connectivity index (χ3n) is 2.22. The fourth-order valence-electron chi connectivity index (χ4n) is 1.20. The molecule has 0 fully saturated rings. The molecule has 15 heavy (non-hydrogen) atoms. The highest BCUT2D eigenvalue weighted by Gasteiger charge is 2.06. The number of ether oxygens (including phenoxy) is 2. The molecule has 0 bridgehead atoms. The zero-order valence-electron chi connectivity index (χ0n) is 9.49. The zero-order chi connectivity index (χ0) is 11.3. The Hall–Kier alpha value is -1.22. The molecule has 3 heteroatoms. The fraction of sp³-hybridized carbons (Fsp3) is 0.500. The number of benzene rings is 1. The van der Waals surface area contributed by atoms with Gasteiger partial charge >= 0.3 is 0 Å². The molecule has 0 saturated carbocycles. The van der Waals surface area contributed by atoms with E-state index in [1.54, 1.807) is 7.11 Å². The largest absolute Gasteiger partial charge is 0.493 e. The van der Waals surface area contributed by atoms with Crippen LogP contribution in [0.1, 0.15) is 18.9 Å². The van der Waals surface area contributed by atoms with Gasteiger partial charge in [0.2, 0.25) is 0 Å². The lowest BCUT2D eigenvalue weighted by Gasteiger charge is -2.13. The van der Waals surface area contributed by atoms with Gasteiger partial charge in [-0.05, 0) is 31.0 Å². The normalized spacial score (nSPS) is 12.3. The Morgan fingerprint density at radius 3 is 2.67 bits per heavy atom. The highest BCUT2D eigenvalue weighted by molar-refractivity contribution is 5.42. The van der Waals surface area contributed by atoms with E-state index in [0.717, 1.165) is 5.56 Å². The van der Waals surface area contributed by atoms with Crippen LogP contribution in [-0.4, -0.2) is 24.9 Å². The van der Waals surface area contributed by atoms with Crippen LogP contribution in [0.4, 0.5) is 0 Å². The maximum Gasteiger partial charge on any atom is 0.161 e. The molecular formula is C12H18O3. The number of methoxy groups -OCH3 is 1. The van der Waals surface area contributed by atoms with Crippen LogP contribution in [0.3, 0.4) is 0 Å². The quantitative estimate of drug-likeness (QED) is 0.809. The van der Waals surface area contributed by atoms with Gasteiger partial charge in [0.1, 0.15) is 6.61 Å². The molecule has 0 aliphatic heterocycles. The first-order valence-electron chi connectivity index (χ1n) is 5.13. The molecular weight excluding hydrogens is 192 g/mol. The van der Waals surface area contributed by atoms with Gasteiger partial charge in [-0.15, -0.1) is 0 Å². The van der Waals surface area contributed by atoms with E-state index in [1.807, 2.05) is 32.0 Å². The first-order valence-corrected chi connectivity index (χ1v) is 5.13. The summed E-state index contributed by atoms with van der Waals surface area (Å²) in [6.07, 6.45) is 0.268. The van der Waals surface area contributed by atoms with Gasteiger partial charge in [0.05, 0.1) is 13.2 Å². The Labute approximate surface area is 90.6 Å². The second-order valence-corrected chi connectivity index (χ2v) is 3.53. The maximum atomic E-state index is 9.37. The zero-order valence-corrected chi connectivity index (χ0v) is 9.49. The van der Waals surface area contributed by atoms with Gasteiger partial charge < -0.3 is 14.6 Å². The van der Waals surface area contributed by atoms with Crippen molar-refractivity contribution in [3.63, 3.8) is 0 Å². The monoisotopic (exact) mass is 210 g/mol. The third-order valence-corrected chi connectivity index (χ3v) is 2.22. The highest BCUT2D eigenvalue weighted by atomic mass is 16.5. The topological polar surface area (TPSA) is 38.7 Å². The average Bonchev–Trinajstić information content (AvgIpc) is 2.26. The second-order valence-electron chi connectivity index (χ2n) is 3.53. The van der Waals surface area contributed by atoms with Crippen LogP contribution < -0.4 is 9.47 Å². The van der Waals surface area contributed by atoms with Crippen molar-refractivity contribution < 1.29 is 14.6 Å². The molecule has 0 aliphatic rings. The van der Waals surface area contributed by atoms with Crippen molar-refractivity contribution in [2.45, 2.75) is 26.4 Å². The molecule has 0 saturated heterocycles. The summed E-state index contributed by atoms with van der Waals surface area (Å²) in [6, 6.07) is 5.72. The fourth-order valence-corrected chi connectivity index (χ4v) is 1.20. The molecule has 1 N–H and O–H groups in total. The number of aliphatic hydroxyl groups excluding tert-OH is 1. The molecule has 0 radical (unpaired) electrons. The highest BCUT2D eigenvalue weighted by Crippen LogP contribution is 2.27. The van der Waals surface area contributed by atoms with Crippen LogP contribution >= 0.6 is 0 Å². The first kappa shape index (κ1) is 11.9. The Morgan fingerprint density at radius 1 is 1.33 bits per heavy atom. The summed E-state index contributed by atoms with van der Waals surface area (Å²) in [4.78, 5) is 0. The minimum Gasteiger partial charge on any atom is -0.493 e. The summed E-state index contributed by atoms with van der Waals surface area (Å²) in [5.74, 6) is 1.38. The van der Waals surface area contributed by atoms with Crippen LogP contribution in [0.5, 0.6) is 11.5 Å². The van der Waals surface area contributed by atoms with Crippen LogP contribution in [0.15, 0.2) is 18.2 Å². The molecule has 1 aromatic carbocycles. The van der Waals surface area contributed by atoms with Crippen molar-refractivity contribution in [2.75, 3.05) is 13.7 Å². The minimum absolute atomic E-state index is 0.302. The maximum absolute atomic E-state index is 9.37. The number of hydrogen-bond donors (Lipinski definition) is 1. The number of aliphatic hydroxyl groups is 1. The SMILES string of the molecule is CC[C@H](O)COc1ccc(C)cc1OC. The van der Waals surface area contributed by atoms with Crippen molar-refractivity contribution in [1.29, 1.82) is 0 Å². The molecule has 1 rings (SSSR count). The molecule has 0 heterocycles. The van der Waals surface area contributed by atoms with Crippen molar-refractivity contribution in [3.05, 3.63) is 23.8 Å². The van der Waals surface area contributed by atoms with Crippen LogP contribution in [0.25, 0.3) is 0 Å². The number of aryl methyl sites for hydroxylation is 1. The van der Waals surface area contributed by atoms with E-state index >= 15 is 0 Å². The summed E-state index contributed by atoms with van der Waals surface area (Å²) in [5.41, 5.74) is 1.12. The lowest BCUT2D eigenvalue weighted by atomic mass is 10.2. The van der Waals surface area contributed by atoms with Gasteiger partial charge in [0.25, 0.3) is 0 Å². The van der Waals surface area contributed by atoms with Crippen molar-refractivity contribution in [3.8, 4) is 11.5 Å². The molecule has 0 aromatic heterocycles. The lowest BCUT2D eigenvalue weighted by molar-refractivity contribution is 0.102. The van der Waals surface area contributed by atoms with Gasteiger partial charge in [-0.2, -0.15) is 0 Å². The van der Waals surface area contributed by atoms with Gasteiger partial charge in [-0.1, -0.05) is 13.0 Å². The van der Waals surface area contributed by atoms with E-state index < -0.39 is 6.10 Å². The number of hydrogen-bond acceptors (Lipinski definition) is 3. The van der Waals surface area contributed by atoms with Crippen LogP contribution in [0, 0.1) is 6.92 Å². The van der Waals surface area contributed by atoms with Gasteiger partial charge in [0, 0.05) is 0 Å². The van der Waals surface area contributed by atoms with E-state index in [9.17, 15) is 5.11 Å². The van der Waals surface area contributed by atoms with E-state index in [-0.39, 0.29) is 0 Å². The second kappa shape index (κ2) is 5.61. The smallest absolute Gasteiger partial charge is 0.161 e. The lowest BCUT2D eigenvalue weighted by Crippen LogP contribution is -2.16. The standard InChI is InChI=1S/C12H18O3/c1-4-10(13)8-15-11-6-5-9(2)7-12(11)14-3/h5-7,10,13H,4,8H2,1-3H3/t10-/m0/s1. The molecule has 1 atom stereocenters.